The Labute approximate surface area is 187 Å². The fourth-order valence-electron chi connectivity index (χ4n) is 3.38. The summed E-state index contributed by atoms with van der Waals surface area (Å²) in [6, 6.07) is 4.38. The van der Waals surface area contributed by atoms with Gasteiger partial charge in [-0.25, -0.2) is 4.98 Å². The normalized spacial score (nSPS) is 18.1. The lowest BCUT2D eigenvalue weighted by Gasteiger charge is -2.32. The van der Waals surface area contributed by atoms with E-state index in [0.29, 0.717) is 5.92 Å². The molecule has 1 unspecified atom stereocenters. The summed E-state index contributed by atoms with van der Waals surface area (Å²) in [6.45, 7) is 7.37. The SMILES string of the molecule is CN=C(NCCc1csc(C)n1)NCC1CCCN(Cc2cccs2)C1.I. The minimum absolute atomic E-state index is 0. The summed E-state index contributed by atoms with van der Waals surface area (Å²) in [5.74, 6) is 1.58. The molecule has 27 heavy (non-hydrogen) atoms. The lowest BCUT2D eigenvalue weighted by Crippen LogP contribution is -2.44. The second-order valence-electron chi connectivity index (χ2n) is 6.81. The molecule has 2 aromatic heterocycles. The minimum Gasteiger partial charge on any atom is -0.356 e. The van der Waals surface area contributed by atoms with Crippen LogP contribution in [0.1, 0.15) is 28.4 Å². The number of rotatable bonds is 7. The molecule has 0 aliphatic carbocycles. The number of likely N-dealkylation sites (tertiary alicyclic amines) is 1. The fourth-order valence-corrected chi connectivity index (χ4v) is 4.77. The summed E-state index contributed by atoms with van der Waals surface area (Å²) in [6.07, 6.45) is 3.51. The first-order valence-corrected chi connectivity index (χ1v) is 11.1. The molecule has 1 fully saturated rings. The third kappa shape index (κ3) is 7.67. The monoisotopic (exact) mass is 519 g/mol. The van der Waals surface area contributed by atoms with Crippen molar-refractivity contribution in [3.8, 4) is 0 Å². The molecular weight excluding hydrogens is 489 g/mol. The first kappa shape index (κ1) is 22.6. The van der Waals surface area contributed by atoms with Crippen LogP contribution in [0.2, 0.25) is 0 Å². The average Bonchev–Trinajstić information content (AvgIpc) is 3.30. The molecule has 150 valence electrons. The van der Waals surface area contributed by atoms with Crippen molar-refractivity contribution in [2.45, 2.75) is 32.7 Å². The Morgan fingerprint density at radius 3 is 2.96 bits per heavy atom. The number of aromatic nitrogens is 1. The van der Waals surface area contributed by atoms with Crippen LogP contribution in [0.3, 0.4) is 0 Å². The van der Waals surface area contributed by atoms with Crippen molar-refractivity contribution in [1.82, 2.24) is 20.5 Å². The van der Waals surface area contributed by atoms with Crippen molar-refractivity contribution in [2.75, 3.05) is 33.2 Å². The number of thiazole rings is 1. The highest BCUT2D eigenvalue weighted by Gasteiger charge is 2.20. The molecule has 0 bridgehead atoms. The summed E-state index contributed by atoms with van der Waals surface area (Å²) in [5.41, 5.74) is 1.16. The van der Waals surface area contributed by atoms with E-state index in [0.717, 1.165) is 42.7 Å². The Balaban J connectivity index is 0.00000261. The van der Waals surface area contributed by atoms with Crippen molar-refractivity contribution in [3.05, 3.63) is 38.5 Å². The maximum absolute atomic E-state index is 4.51. The molecule has 8 heteroatoms. The Morgan fingerprint density at radius 1 is 1.37 bits per heavy atom. The van der Waals surface area contributed by atoms with Gasteiger partial charge in [0, 0.05) is 49.9 Å². The van der Waals surface area contributed by atoms with E-state index in [1.165, 1.54) is 30.8 Å². The standard InChI is InChI=1S/C19H29N5S2.HI/c1-15-23-17(14-26-15)7-8-21-19(20-2)22-11-16-5-3-9-24(12-16)13-18-6-4-10-25-18;/h4,6,10,14,16H,3,5,7-9,11-13H2,1-2H3,(H2,20,21,22);1H. The molecule has 3 rings (SSSR count). The van der Waals surface area contributed by atoms with Gasteiger partial charge >= 0.3 is 0 Å². The Kier molecular flexibility index (Phi) is 10.0. The molecule has 1 aliphatic rings. The third-order valence-electron chi connectivity index (χ3n) is 4.68. The molecule has 2 N–H and O–H groups in total. The van der Waals surface area contributed by atoms with Crippen molar-refractivity contribution in [2.24, 2.45) is 10.9 Å². The zero-order valence-electron chi connectivity index (χ0n) is 16.1. The average molecular weight is 520 g/mol. The molecule has 0 radical (unpaired) electrons. The molecule has 0 aromatic carbocycles. The van der Waals surface area contributed by atoms with E-state index in [-0.39, 0.29) is 24.0 Å². The lowest BCUT2D eigenvalue weighted by molar-refractivity contribution is 0.169. The van der Waals surface area contributed by atoms with Crippen LogP contribution in [0.4, 0.5) is 0 Å². The van der Waals surface area contributed by atoms with E-state index in [2.05, 4.69) is 48.4 Å². The lowest BCUT2D eigenvalue weighted by atomic mass is 9.98. The van der Waals surface area contributed by atoms with Gasteiger partial charge in [-0.2, -0.15) is 0 Å². The molecule has 5 nitrogen and oxygen atoms in total. The molecule has 1 atom stereocenters. The van der Waals surface area contributed by atoms with Crippen LogP contribution in [-0.4, -0.2) is 49.1 Å². The Bertz CT molecular complexity index is 686. The number of aryl methyl sites for hydroxylation is 1. The van der Waals surface area contributed by atoms with Crippen molar-refractivity contribution in [3.63, 3.8) is 0 Å². The van der Waals surface area contributed by atoms with E-state index in [9.17, 15) is 0 Å². The van der Waals surface area contributed by atoms with Crippen LogP contribution in [-0.2, 0) is 13.0 Å². The highest BCUT2D eigenvalue weighted by molar-refractivity contribution is 14.0. The van der Waals surface area contributed by atoms with Gasteiger partial charge < -0.3 is 10.6 Å². The summed E-state index contributed by atoms with van der Waals surface area (Å²) in [7, 11) is 1.84. The largest absolute Gasteiger partial charge is 0.356 e. The van der Waals surface area contributed by atoms with E-state index < -0.39 is 0 Å². The van der Waals surface area contributed by atoms with Crippen molar-refractivity contribution >= 4 is 52.6 Å². The number of nitrogens with zero attached hydrogens (tertiary/aromatic N) is 3. The summed E-state index contributed by atoms with van der Waals surface area (Å²) in [5, 5.41) is 12.3. The minimum atomic E-state index is 0. The number of hydrogen-bond donors (Lipinski definition) is 2. The summed E-state index contributed by atoms with van der Waals surface area (Å²) in [4.78, 5) is 12.9. The van der Waals surface area contributed by atoms with Gasteiger partial charge in [0.2, 0.25) is 0 Å². The second-order valence-corrected chi connectivity index (χ2v) is 8.90. The fraction of sp³-hybridized carbons (Fsp3) is 0.579. The molecular formula is C19H30IN5S2. The predicted octanol–water partition coefficient (Wildman–Crippen LogP) is 3.75. The molecule has 1 saturated heterocycles. The van der Waals surface area contributed by atoms with Gasteiger partial charge in [-0.15, -0.1) is 46.7 Å². The maximum Gasteiger partial charge on any atom is 0.190 e. The third-order valence-corrected chi connectivity index (χ3v) is 6.37. The number of nitrogens with one attached hydrogen (secondary N) is 2. The van der Waals surface area contributed by atoms with E-state index in [4.69, 9.17) is 0 Å². The number of thiophene rings is 1. The van der Waals surface area contributed by atoms with E-state index in [1.807, 2.05) is 25.3 Å². The van der Waals surface area contributed by atoms with Gasteiger partial charge in [-0.3, -0.25) is 9.89 Å². The van der Waals surface area contributed by atoms with Crippen molar-refractivity contribution < 1.29 is 0 Å². The van der Waals surface area contributed by atoms with E-state index >= 15 is 0 Å². The summed E-state index contributed by atoms with van der Waals surface area (Å²) >= 11 is 3.57. The molecule has 0 amide bonds. The van der Waals surface area contributed by atoms with Crippen LogP contribution >= 0.6 is 46.7 Å². The van der Waals surface area contributed by atoms with Gasteiger partial charge in [-0.05, 0) is 43.7 Å². The summed E-state index contributed by atoms with van der Waals surface area (Å²) < 4.78 is 0. The van der Waals surface area contributed by atoms with Crippen molar-refractivity contribution in [1.29, 1.82) is 0 Å². The zero-order chi connectivity index (χ0) is 18.2. The molecule has 0 saturated carbocycles. The number of guanidine groups is 1. The molecule has 0 spiro atoms. The van der Waals surface area contributed by atoms with Gasteiger partial charge in [0.1, 0.15) is 0 Å². The van der Waals surface area contributed by atoms with Gasteiger partial charge in [-0.1, -0.05) is 6.07 Å². The molecule has 3 heterocycles. The van der Waals surface area contributed by atoms with E-state index in [1.54, 1.807) is 11.3 Å². The van der Waals surface area contributed by atoms with Crippen LogP contribution < -0.4 is 10.6 Å². The number of aliphatic imine (C=N–C) groups is 1. The highest BCUT2D eigenvalue weighted by atomic mass is 127. The van der Waals surface area contributed by atoms with Crippen LogP contribution in [0.5, 0.6) is 0 Å². The quantitative estimate of drug-likeness (QED) is 0.333. The topological polar surface area (TPSA) is 52.6 Å². The van der Waals surface area contributed by atoms with Crippen LogP contribution in [0.15, 0.2) is 27.9 Å². The van der Waals surface area contributed by atoms with Gasteiger partial charge in [0.25, 0.3) is 0 Å². The smallest absolute Gasteiger partial charge is 0.190 e. The molecule has 1 aliphatic heterocycles. The maximum atomic E-state index is 4.51. The number of piperidine rings is 1. The molecule has 2 aromatic rings. The Morgan fingerprint density at radius 2 is 2.26 bits per heavy atom. The predicted molar refractivity (Wildman–Crippen MR) is 128 cm³/mol. The van der Waals surface area contributed by atoms with Gasteiger partial charge in [0.05, 0.1) is 10.7 Å². The number of hydrogen-bond acceptors (Lipinski definition) is 5. The zero-order valence-corrected chi connectivity index (χ0v) is 20.1. The highest BCUT2D eigenvalue weighted by Crippen LogP contribution is 2.19. The van der Waals surface area contributed by atoms with Crippen LogP contribution in [0.25, 0.3) is 0 Å². The van der Waals surface area contributed by atoms with Crippen LogP contribution in [0, 0.1) is 12.8 Å². The Hall–Kier alpha value is -0.710. The first-order valence-electron chi connectivity index (χ1n) is 9.33. The number of halogens is 1. The second kappa shape index (κ2) is 12.0. The first-order chi connectivity index (χ1) is 12.7. The van der Waals surface area contributed by atoms with Gasteiger partial charge in [0.15, 0.2) is 5.96 Å².